The van der Waals surface area contributed by atoms with Gasteiger partial charge in [-0.05, 0) is 35.9 Å². The average molecular weight is 390 g/mol. The molecule has 0 saturated carbocycles. The average Bonchev–Trinajstić information content (AvgIpc) is 2.62. The highest BCUT2D eigenvalue weighted by molar-refractivity contribution is 7.99. The molecule has 0 heterocycles. The Bertz CT molecular complexity index is 935. The van der Waals surface area contributed by atoms with Gasteiger partial charge in [-0.3, -0.25) is 4.79 Å². The third-order valence-corrected chi connectivity index (χ3v) is 6.27. The van der Waals surface area contributed by atoms with Gasteiger partial charge < -0.3 is 5.32 Å². The third kappa shape index (κ3) is 5.33. The number of rotatable bonds is 7. The van der Waals surface area contributed by atoms with Gasteiger partial charge in [-0.2, -0.15) is 5.26 Å². The standard InChI is InChI=1S/C18H19N3O3S2/c1-21(2)26(23,24)17-8-4-7-16(10-17)20-18(22)13-25-12-15-6-3-5-14(9-15)11-19/h3-10H,12-13H2,1-2H3,(H,20,22). The molecule has 0 aliphatic heterocycles. The van der Waals surface area contributed by atoms with E-state index in [0.29, 0.717) is 17.0 Å². The molecule has 0 saturated heterocycles. The van der Waals surface area contributed by atoms with Gasteiger partial charge in [-0.15, -0.1) is 11.8 Å². The third-order valence-electron chi connectivity index (χ3n) is 3.45. The molecule has 8 heteroatoms. The highest BCUT2D eigenvalue weighted by Crippen LogP contribution is 2.19. The number of carbonyl (C=O) groups is 1. The first-order valence-corrected chi connectivity index (χ1v) is 10.3. The molecule has 0 spiro atoms. The summed E-state index contributed by atoms with van der Waals surface area (Å²) in [6.45, 7) is 0. The molecule has 0 aromatic heterocycles. The van der Waals surface area contributed by atoms with Crippen LogP contribution >= 0.6 is 11.8 Å². The molecule has 2 aromatic carbocycles. The van der Waals surface area contributed by atoms with Crippen LogP contribution in [-0.4, -0.2) is 38.5 Å². The van der Waals surface area contributed by atoms with Crippen molar-refractivity contribution in [2.45, 2.75) is 10.6 Å². The highest BCUT2D eigenvalue weighted by atomic mass is 32.2. The second-order valence-corrected chi connectivity index (χ2v) is 8.81. The van der Waals surface area contributed by atoms with Crippen LogP contribution < -0.4 is 5.32 Å². The van der Waals surface area contributed by atoms with Gasteiger partial charge in [0.25, 0.3) is 0 Å². The Morgan fingerprint density at radius 1 is 1.19 bits per heavy atom. The predicted octanol–water partition coefficient (Wildman–Crippen LogP) is 2.68. The van der Waals surface area contributed by atoms with Crippen molar-refractivity contribution in [2.24, 2.45) is 0 Å². The summed E-state index contributed by atoms with van der Waals surface area (Å²) < 4.78 is 25.4. The molecular formula is C18H19N3O3S2. The maximum Gasteiger partial charge on any atom is 0.242 e. The Hall–Kier alpha value is -2.34. The zero-order valence-corrected chi connectivity index (χ0v) is 16.1. The Morgan fingerprint density at radius 3 is 2.62 bits per heavy atom. The summed E-state index contributed by atoms with van der Waals surface area (Å²) in [6, 6.07) is 15.5. The molecule has 0 unspecified atom stereocenters. The van der Waals surface area contributed by atoms with Crippen LogP contribution in [0.25, 0.3) is 0 Å². The summed E-state index contributed by atoms with van der Waals surface area (Å²) in [5.74, 6) is 0.616. The van der Waals surface area contributed by atoms with Gasteiger partial charge >= 0.3 is 0 Å². The number of hydrogen-bond donors (Lipinski definition) is 1. The van der Waals surface area contributed by atoms with Crippen molar-refractivity contribution >= 4 is 33.4 Å². The summed E-state index contributed by atoms with van der Waals surface area (Å²) in [6.07, 6.45) is 0. The number of carbonyl (C=O) groups excluding carboxylic acids is 1. The topological polar surface area (TPSA) is 90.3 Å². The lowest BCUT2D eigenvalue weighted by Crippen LogP contribution is -2.22. The van der Waals surface area contributed by atoms with Gasteiger partial charge in [0.1, 0.15) is 0 Å². The van der Waals surface area contributed by atoms with Gasteiger partial charge in [0, 0.05) is 25.5 Å². The van der Waals surface area contributed by atoms with Crippen LogP contribution in [0.5, 0.6) is 0 Å². The maximum absolute atomic E-state index is 12.1. The predicted molar refractivity (Wildman–Crippen MR) is 103 cm³/mol. The molecular weight excluding hydrogens is 370 g/mol. The minimum atomic E-state index is -3.54. The molecule has 6 nitrogen and oxygen atoms in total. The first kappa shape index (κ1) is 20.0. The number of nitrogens with one attached hydrogen (secondary N) is 1. The van der Waals surface area contributed by atoms with Gasteiger partial charge in [0.15, 0.2) is 0 Å². The van der Waals surface area contributed by atoms with Crippen LogP contribution in [0.1, 0.15) is 11.1 Å². The van der Waals surface area contributed by atoms with Crippen LogP contribution in [0.2, 0.25) is 0 Å². The Balaban J connectivity index is 1.93. The lowest BCUT2D eigenvalue weighted by Gasteiger charge is -2.12. The van der Waals surface area contributed by atoms with Crippen molar-refractivity contribution in [1.29, 1.82) is 5.26 Å². The molecule has 0 radical (unpaired) electrons. The first-order chi connectivity index (χ1) is 12.3. The maximum atomic E-state index is 12.1. The SMILES string of the molecule is CN(C)S(=O)(=O)c1cccc(NC(=O)CSCc2cccc(C#N)c2)c1. The lowest BCUT2D eigenvalue weighted by atomic mass is 10.2. The van der Waals surface area contributed by atoms with E-state index in [9.17, 15) is 13.2 Å². The molecule has 2 rings (SSSR count). The monoisotopic (exact) mass is 389 g/mol. The normalized spacial score (nSPS) is 11.2. The molecule has 0 aliphatic carbocycles. The number of anilines is 1. The second kappa shape index (κ2) is 8.85. The minimum Gasteiger partial charge on any atom is -0.325 e. The number of amides is 1. The van der Waals surface area contributed by atoms with Gasteiger partial charge in [-0.1, -0.05) is 18.2 Å². The molecule has 136 valence electrons. The van der Waals surface area contributed by atoms with Gasteiger partial charge in [0.05, 0.1) is 22.3 Å². The number of thioether (sulfide) groups is 1. The summed E-state index contributed by atoms with van der Waals surface area (Å²) in [5, 5.41) is 11.6. The fraction of sp³-hybridized carbons (Fsp3) is 0.222. The summed E-state index contributed by atoms with van der Waals surface area (Å²) in [5.41, 5.74) is 2.00. The summed E-state index contributed by atoms with van der Waals surface area (Å²) in [4.78, 5) is 12.2. The van der Waals surface area contributed by atoms with E-state index in [1.807, 2.05) is 12.1 Å². The Labute approximate surface area is 157 Å². The molecule has 0 fully saturated rings. The van der Waals surface area contributed by atoms with Crippen molar-refractivity contribution < 1.29 is 13.2 Å². The van der Waals surface area contributed by atoms with Crippen LogP contribution in [0, 0.1) is 11.3 Å². The Kier molecular flexibility index (Phi) is 6.80. The van der Waals surface area contributed by atoms with E-state index in [0.717, 1.165) is 9.87 Å². The zero-order chi connectivity index (χ0) is 19.2. The van der Waals surface area contributed by atoms with E-state index in [1.165, 1.54) is 38.0 Å². The zero-order valence-electron chi connectivity index (χ0n) is 14.5. The van der Waals surface area contributed by atoms with Crippen molar-refractivity contribution in [3.8, 4) is 6.07 Å². The van der Waals surface area contributed by atoms with Crippen molar-refractivity contribution in [2.75, 3.05) is 25.2 Å². The molecule has 0 atom stereocenters. The van der Waals surface area contributed by atoms with Crippen LogP contribution in [0.15, 0.2) is 53.4 Å². The fourth-order valence-electron chi connectivity index (χ4n) is 2.13. The molecule has 1 amide bonds. The van der Waals surface area contributed by atoms with Crippen LogP contribution in [0.3, 0.4) is 0 Å². The van der Waals surface area contributed by atoms with Gasteiger partial charge in [-0.25, -0.2) is 12.7 Å². The van der Waals surface area contributed by atoms with E-state index in [1.54, 1.807) is 24.3 Å². The number of nitrogens with zero attached hydrogens (tertiary/aromatic N) is 2. The van der Waals surface area contributed by atoms with Crippen molar-refractivity contribution in [3.05, 3.63) is 59.7 Å². The first-order valence-electron chi connectivity index (χ1n) is 7.72. The van der Waals surface area contributed by atoms with Crippen molar-refractivity contribution in [3.63, 3.8) is 0 Å². The number of hydrogen-bond acceptors (Lipinski definition) is 5. The molecule has 1 N–H and O–H groups in total. The van der Waals surface area contributed by atoms with Crippen LogP contribution in [0.4, 0.5) is 5.69 Å². The largest absolute Gasteiger partial charge is 0.325 e. The number of sulfonamides is 1. The second-order valence-electron chi connectivity index (χ2n) is 5.67. The summed E-state index contributed by atoms with van der Waals surface area (Å²) in [7, 11) is -0.631. The summed E-state index contributed by atoms with van der Waals surface area (Å²) >= 11 is 1.42. The van der Waals surface area contributed by atoms with Crippen LogP contribution in [-0.2, 0) is 20.6 Å². The number of nitriles is 1. The number of benzene rings is 2. The molecule has 26 heavy (non-hydrogen) atoms. The van der Waals surface area contributed by atoms with E-state index in [2.05, 4.69) is 11.4 Å². The molecule has 0 bridgehead atoms. The van der Waals surface area contributed by atoms with E-state index in [-0.39, 0.29) is 16.6 Å². The van der Waals surface area contributed by atoms with E-state index in [4.69, 9.17) is 5.26 Å². The fourth-order valence-corrected chi connectivity index (χ4v) is 3.86. The van der Waals surface area contributed by atoms with Crippen molar-refractivity contribution in [1.82, 2.24) is 4.31 Å². The van der Waals surface area contributed by atoms with E-state index >= 15 is 0 Å². The quantitative estimate of drug-likeness (QED) is 0.786. The smallest absolute Gasteiger partial charge is 0.242 e. The Morgan fingerprint density at radius 2 is 1.92 bits per heavy atom. The highest BCUT2D eigenvalue weighted by Gasteiger charge is 2.17. The van der Waals surface area contributed by atoms with E-state index < -0.39 is 10.0 Å². The molecule has 0 aliphatic rings. The van der Waals surface area contributed by atoms with Gasteiger partial charge in [0.2, 0.25) is 15.9 Å². The lowest BCUT2D eigenvalue weighted by molar-refractivity contribution is -0.113. The minimum absolute atomic E-state index is 0.126. The molecule has 2 aromatic rings.